The van der Waals surface area contributed by atoms with Crippen LogP contribution in [-0.4, -0.2) is 12.5 Å². The van der Waals surface area contributed by atoms with Gasteiger partial charge in [-0.25, -0.2) is 0 Å². The topological polar surface area (TPSA) is 55.1 Å². The number of nitrogen functional groups attached to an aromatic ring is 1. The first kappa shape index (κ1) is 13.9. The van der Waals surface area contributed by atoms with Crippen LogP contribution in [0.3, 0.4) is 0 Å². The highest BCUT2D eigenvalue weighted by atomic mass is 32.1. The summed E-state index contributed by atoms with van der Waals surface area (Å²) in [5, 5.41) is 3.93. The summed E-state index contributed by atoms with van der Waals surface area (Å²) in [5.41, 5.74) is 7.86. The zero-order valence-corrected chi connectivity index (χ0v) is 12.3. The van der Waals surface area contributed by atoms with Gasteiger partial charge in [-0.1, -0.05) is 31.4 Å². The summed E-state index contributed by atoms with van der Waals surface area (Å²) in [6.07, 6.45) is 3.31. The van der Waals surface area contributed by atoms with E-state index in [0.717, 1.165) is 41.5 Å². The van der Waals surface area contributed by atoms with E-state index < -0.39 is 0 Å². The first-order valence-electron chi connectivity index (χ1n) is 6.70. The quantitative estimate of drug-likeness (QED) is 0.818. The highest BCUT2D eigenvalue weighted by Crippen LogP contribution is 2.34. The fourth-order valence-electron chi connectivity index (χ4n) is 2.06. The Bertz CT molecular complexity index is 589. The molecule has 102 valence electrons. The van der Waals surface area contributed by atoms with Gasteiger partial charge in [-0.05, 0) is 25.5 Å². The third-order valence-electron chi connectivity index (χ3n) is 3.15. The molecule has 0 aliphatic carbocycles. The number of amides is 1. The predicted octanol–water partition coefficient (Wildman–Crippen LogP) is 3.71. The van der Waals surface area contributed by atoms with Gasteiger partial charge in [0.15, 0.2) is 0 Å². The second kappa shape index (κ2) is 6.06. The number of carbonyl (C=O) groups is 1. The fraction of sp³-hybridized carbons (Fsp3) is 0.400. The third-order valence-corrected chi connectivity index (χ3v) is 4.34. The molecule has 0 fully saturated rings. The van der Waals surface area contributed by atoms with Gasteiger partial charge in [-0.2, -0.15) is 0 Å². The van der Waals surface area contributed by atoms with Crippen LogP contribution in [0.25, 0.3) is 10.1 Å². The van der Waals surface area contributed by atoms with Crippen LogP contribution in [0.4, 0.5) is 5.69 Å². The summed E-state index contributed by atoms with van der Waals surface area (Å²) in [5.74, 6) is -0.0487. The number of unbranched alkanes of at least 4 members (excludes halogenated alkanes) is 2. The van der Waals surface area contributed by atoms with E-state index in [1.807, 2.05) is 25.1 Å². The molecule has 0 unspecified atom stereocenters. The van der Waals surface area contributed by atoms with E-state index in [4.69, 9.17) is 5.73 Å². The molecule has 2 aromatic rings. The Morgan fingerprint density at radius 1 is 1.37 bits per heavy atom. The Balaban J connectivity index is 2.16. The standard InChI is InChI=1S/C15H20N2OS/c1-3-4-5-8-17-15(18)14-13(16)11-9-10(2)6-7-12(11)19-14/h6-7,9H,3-5,8,16H2,1-2H3,(H,17,18). The van der Waals surface area contributed by atoms with E-state index in [2.05, 4.69) is 12.2 Å². The predicted molar refractivity (Wildman–Crippen MR) is 82.8 cm³/mol. The molecule has 0 saturated heterocycles. The molecule has 0 bridgehead atoms. The average Bonchev–Trinajstić information content (AvgIpc) is 2.72. The molecule has 0 aliphatic heterocycles. The maximum atomic E-state index is 12.1. The molecule has 1 aromatic carbocycles. The lowest BCUT2D eigenvalue weighted by Crippen LogP contribution is -2.24. The molecule has 3 N–H and O–H groups in total. The minimum Gasteiger partial charge on any atom is -0.397 e. The second-order valence-corrected chi connectivity index (χ2v) is 5.86. The van der Waals surface area contributed by atoms with Crippen LogP contribution in [0, 0.1) is 6.92 Å². The number of fused-ring (bicyclic) bond motifs is 1. The average molecular weight is 276 g/mol. The normalized spacial score (nSPS) is 10.8. The number of hydrogen-bond acceptors (Lipinski definition) is 3. The zero-order valence-electron chi connectivity index (χ0n) is 11.5. The van der Waals surface area contributed by atoms with Crippen LogP contribution in [0.2, 0.25) is 0 Å². The Hall–Kier alpha value is -1.55. The molecular formula is C15H20N2OS. The second-order valence-electron chi connectivity index (χ2n) is 4.81. The molecule has 0 radical (unpaired) electrons. The lowest BCUT2D eigenvalue weighted by atomic mass is 10.1. The minimum absolute atomic E-state index is 0.0487. The van der Waals surface area contributed by atoms with Crippen LogP contribution in [0.15, 0.2) is 18.2 Å². The van der Waals surface area contributed by atoms with Gasteiger partial charge in [0.25, 0.3) is 5.91 Å². The van der Waals surface area contributed by atoms with Crippen molar-refractivity contribution < 1.29 is 4.79 Å². The minimum atomic E-state index is -0.0487. The monoisotopic (exact) mass is 276 g/mol. The molecule has 19 heavy (non-hydrogen) atoms. The highest BCUT2D eigenvalue weighted by Gasteiger charge is 2.15. The van der Waals surface area contributed by atoms with E-state index in [9.17, 15) is 4.79 Å². The Labute approximate surface area is 117 Å². The van der Waals surface area contributed by atoms with Crippen LogP contribution in [-0.2, 0) is 0 Å². The number of thiophene rings is 1. The molecule has 0 atom stereocenters. The van der Waals surface area contributed by atoms with Gasteiger partial charge in [0.05, 0.1) is 5.69 Å². The van der Waals surface area contributed by atoms with Crippen molar-refractivity contribution in [1.29, 1.82) is 0 Å². The number of rotatable bonds is 5. The van der Waals surface area contributed by atoms with Crippen molar-refractivity contribution in [3.05, 3.63) is 28.6 Å². The lowest BCUT2D eigenvalue weighted by Gasteiger charge is -2.03. The van der Waals surface area contributed by atoms with Gasteiger partial charge in [-0.15, -0.1) is 11.3 Å². The first-order chi connectivity index (χ1) is 9.13. The van der Waals surface area contributed by atoms with Gasteiger partial charge in [0.2, 0.25) is 0 Å². The smallest absolute Gasteiger partial charge is 0.263 e. The molecule has 0 aliphatic rings. The van der Waals surface area contributed by atoms with Crippen molar-refractivity contribution in [2.75, 3.05) is 12.3 Å². The third kappa shape index (κ3) is 3.07. The van der Waals surface area contributed by atoms with Crippen molar-refractivity contribution >= 4 is 33.0 Å². The highest BCUT2D eigenvalue weighted by molar-refractivity contribution is 7.21. The first-order valence-corrected chi connectivity index (χ1v) is 7.52. The van der Waals surface area contributed by atoms with Crippen LogP contribution in [0.5, 0.6) is 0 Å². The summed E-state index contributed by atoms with van der Waals surface area (Å²) in [6, 6.07) is 6.11. The Morgan fingerprint density at radius 2 is 2.16 bits per heavy atom. The maximum Gasteiger partial charge on any atom is 0.263 e. The van der Waals surface area contributed by atoms with Crippen molar-refractivity contribution in [2.24, 2.45) is 0 Å². The largest absolute Gasteiger partial charge is 0.397 e. The van der Waals surface area contributed by atoms with Crippen LogP contribution >= 0.6 is 11.3 Å². The van der Waals surface area contributed by atoms with Crippen molar-refractivity contribution in [2.45, 2.75) is 33.1 Å². The summed E-state index contributed by atoms with van der Waals surface area (Å²) >= 11 is 1.47. The Kier molecular flexibility index (Phi) is 4.43. The molecule has 0 spiro atoms. The summed E-state index contributed by atoms with van der Waals surface area (Å²) in [6.45, 7) is 4.90. The number of nitrogens with two attached hydrogens (primary N) is 1. The molecular weight excluding hydrogens is 256 g/mol. The molecule has 2 rings (SSSR count). The number of aryl methyl sites for hydroxylation is 1. The Morgan fingerprint density at radius 3 is 2.89 bits per heavy atom. The molecule has 1 heterocycles. The molecule has 3 nitrogen and oxygen atoms in total. The van der Waals surface area contributed by atoms with Crippen LogP contribution < -0.4 is 11.1 Å². The van der Waals surface area contributed by atoms with Crippen molar-refractivity contribution in [1.82, 2.24) is 5.32 Å². The molecule has 1 aromatic heterocycles. The van der Waals surface area contributed by atoms with Gasteiger partial charge in [0, 0.05) is 16.6 Å². The van der Waals surface area contributed by atoms with Crippen molar-refractivity contribution in [3.8, 4) is 0 Å². The molecule has 4 heteroatoms. The van der Waals surface area contributed by atoms with E-state index in [1.54, 1.807) is 0 Å². The summed E-state index contributed by atoms with van der Waals surface area (Å²) in [4.78, 5) is 12.7. The van der Waals surface area contributed by atoms with E-state index in [-0.39, 0.29) is 5.91 Å². The van der Waals surface area contributed by atoms with Gasteiger partial charge in [-0.3, -0.25) is 4.79 Å². The fourth-order valence-corrected chi connectivity index (χ4v) is 3.08. The van der Waals surface area contributed by atoms with E-state index >= 15 is 0 Å². The SMILES string of the molecule is CCCCCNC(=O)c1sc2ccc(C)cc2c1N. The number of carbonyl (C=O) groups excluding carboxylic acids is 1. The summed E-state index contributed by atoms with van der Waals surface area (Å²) < 4.78 is 1.07. The van der Waals surface area contributed by atoms with E-state index in [0.29, 0.717) is 10.6 Å². The lowest BCUT2D eigenvalue weighted by molar-refractivity contribution is 0.0958. The number of benzene rings is 1. The number of anilines is 1. The maximum absolute atomic E-state index is 12.1. The molecule has 0 saturated carbocycles. The van der Waals surface area contributed by atoms with Gasteiger partial charge in [0.1, 0.15) is 4.88 Å². The number of hydrogen-bond donors (Lipinski definition) is 2. The van der Waals surface area contributed by atoms with Crippen molar-refractivity contribution in [3.63, 3.8) is 0 Å². The van der Waals surface area contributed by atoms with E-state index in [1.165, 1.54) is 11.3 Å². The number of nitrogens with one attached hydrogen (secondary N) is 1. The van der Waals surface area contributed by atoms with Crippen LogP contribution in [0.1, 0.15) is 41.4 Å². The zero-order chi connectivity index (χ0) is 13.8. The van der Waals surface area contributed by atoms with Gasteiger partial charge < -0.3 is 11.1 Å². The molecule has 1 amide bonds. The van der Waals surface area contributed by atoms with Gasteiger partial charge >= 0.3 is 0 Å². The summed E-state index contributed by atoms with van der Waals surface area (Å²) in [7, 11) is 0.